The lowest BCUT2D eigenvalue weighted by Crippen LogP contribution is -2.21. The van der Waals surface area contributed by atoms with Gasteiger partial charge in [-0.25, -0.2) is 18.4 Å². The first-order valence-corrected chi connectivity index (χ1v) is 9.50. The molecule has 27 heavy (non-hydrogen) atoms. The Balaban J connectivity index is 2.01. The van der Waals surface area contributed by atoms with Crippen LogP contribution in [0, 0.1) is 6.92 Å². The summed E-state index contributed by atoms with van der Waals surface area (Å²) in [6.07, 6.45) is 0. The Hall–Kier alpha value is -2.91. The number of esters is 1. The van der Waals surface area contributed by atoms with Gasteiger partial charge in [0, 0.05) is 25.5 Å². The van der Waals surface area contributed by atoms with E-state index in [-0.39, 0.29) is 10.6 Å². The van der Waals surface area contributed by atoms with Crippen LogP contribution < -0.4 is 15.4 Å². The lowest BCUT2D eigenvalue weighted by molar-refractivity contribution is -0.119. The van der Waals surface area contributed by atoms with Crippen LogP contribution in [0.2, 0.25) is 0 Å². The number of sulfonamides is 1. The molecule has 2 aromatic carbocycles. The quantitative estimate of drug-likeness (QED) is 0.721. The molecule has 3 N–H and O–H groups in total. The van der Waals surface area contributed by atoms with Crippen LogP contribution in [0.4, 0.5) is 11.4 Å². The summed E-state index contributed by atoms with van der Waals surface area (Å²) in [7, 11) is -0.220. The van der Waals surface area contributed by atoms with Crippen molar-refractivity contribution in [3.05, 3.63) is 53.6 Å². The van der Waals surface area contributed by atoms with Gasteiger partial charge in [-0.1, -0.05) is 12.1 Å². The van der Waals surface area contributed by atoms with Gasteiger partial charge < -0.3 is 15.0 Å². The van der Waals surface area contributed by atoms with Crippen molar-refractivity contribution >= 4 is 33.3 Å². The van der Waals surface area contributed by atoms with Crippen LogP contribution in [0.1, 0.15) is 15.9 Å². The van der Waals surface area contributed by atoms with Crippen LogP contribution in [-0.2, 0) is 19.6 Å². The molecule has 0 aliphatic rings. The van der Waals surface area contributed by atoms with Crippen LogP contribution in [0.5, 0.6) is 0 Å². The van der Waals surface area contributed by atoms with E-state index in [4.69, 9.17) is 9.88 Å². The van der Waals surface area contributed by atoms with Gasteiger partial charge in [-0.05, 0) is 42.8 Å². The summed E-state index contributed by atoms with van der Waals surface area (Å²) >= 11 is 0. The Morgan fingerprint density at radius 2 is 1.85 bits per heavy atom. The van der Waals surface area contributed by atoms with Crippen molar-refractivity contribution in [3.8, 4) is 0 Å². The smallest absolute Gasteiger partial charge is 0.338 e. The lowest BCUT2D eigenvalue weighted by Gasteiger charge is -2.13. The maximum atomic E-state index is 12.1. The van der Waals surface area contributed by atoms with E-state index in [0.717, 1.165) is 5.69 Å². The maximum Gasteiger partial charge on any atom is 0.338 e. The van der Waals surface area contributed by atoms with Crippen LogP contribution in [0.15, 0.2) is 47.4 Å². The second-order valence-electron chi connectivity index (χ2n) is 6.09. The minimum Gasteiger partial charge on any atom is -0.452 e. The molecule has 0 saturated carbocycles. The van der Waals surface area contributed by atoms with Crippen molar-refractivity contribution in [1.82, 2.24) is 0 Å². The Kier molecular flexibility index (Phi) is 6.19. The highest BCUT2D eigenvalue weighted by Crippen LogP contribution is 2.19. The molecule has 0 aliphatic carbocycles. The number of hydrogen-bond acceptors (Lipinski definition) is 6. The van der Waals surface area contributed by atoms with E-state index in [1.807, 2.05) is 25.1 Å². The molecule has 9 heteroatoms. The number of aryl methyl sites for hydroxylation is 1. The summed E-state index contributed by atoms with van der Waals surface area (Å²) in [5, 5.41) is 7.61. The lowest BCUT2D eigenvalue weighted by atomic mass is 10.2. The number of anilines is 2. The number of carbonyl (C=O) groups excluding carboxylic acids is 2. The summed E-state index contributed by atoms with van der Waals surface area (Å²) in [6, 6.07) is 11.1. The Morgan fingerprint density at radius 1 is 1.15 bits per heavy atom. The fourth-order valence-corrected chi connectivity index (χ4v) is 3.11. The molecule has 0 bridgehead atoms. The number of rotatable bonds is 6. The fraction of sp³-hybridized carbons (Fsp3) is 0.222. The molecule has 2 rings (SSSR count). The zero-order valence-electron chi connectivity index (χ0n) is 15.2. The zero-order valence-corrected chi connectivity index (χ0v) is 16.0. The first-order chi connectivity index (χ1) is 12.6. The van der Waals surface area contributed by atoms with Gasteiger partial charge in [0.1, 0.15) is 0 Å². The summed E-state index contributed by atoms with van der Waals surface area (Å²) in [4.78, 5) is 25.8. The summed E-state index contributed by atoms with van der Waals surface area (Å²) in [5.41, 5.74) is 1.84. The van der Waals surface area contributed by atoms with Crippen molar-refractivity contribution in [1.29, 1.82) is 0 Å². The number of carbonyl (C=O) groups is 2. The monoisotopic (exact) mass is 391 g/mol. The van der Waals surface area contributed by atoms with E-state index < -0.39 is 28.5 Å². The predicted octanol–water partition coefficient (Wildman–Crippen LogP) is 1.50. The molecule has 0 spiro atoms. The average Bonchev–Trinajstić information content (AvgIpc) is 2.60. The number of benzene rings is 2. The second kappa shape index (κ2) is 8.19. The minimum absolute atomic E-state index is 0.0854. The number of nitrogens with zero attached hydrogens (tertiary/aromatic N) is 1. The van der Waals surface area contributed by atoms with E-state index >= 15 is 0 Å². The Labute approximate surface area is 158 Å². The highest BCUT2D eigenvalue weighted by atomic mass is 32.2. The van der Waals surface area contributed by atoms with E-state index in [2.05, 4.69) is 5.32 Å². The van der Waals surface area contributed by atoms with Gasteiger partial charge in [0.05, 0.1) is 10.5 Å². The third-order valence-corrected chi connectivity index (χ3v) is 4.76. The summed E-state index contributed by atoms with van der Waals surface area (Å²) in [6.45, 7) is 1.08. The molecule has 1 amide bonds. The molecule has 0 aromatic heterocycles. The molecule has 0 radical (unpaired) electrons. The van der Waals surface area contributed by atoms with Crippen molar-refractivity contribution in [2.75, 3.05) is 30.9 Å². The molecule has 8 nitrogen and oxygen atoms in total. The van der Waals surface area contributed by atoms with Crippen LogP contribution in [-0.4, -0.2) is 41.0 Å². The Bertz CT molecular complexity index is 971. The number of nitrogens with one attached hydrogen (secondary N) is 1. The van der Waals surface area contributed by atoms with Crippen molar-refractivity contribution in [2.45, 2.75) is 11.8 Å². The average molecular weight is 391 g/mol. The molecule has 0 saturated heterocycles. The third kappa shape index (κ3) is 5.53. The van der Waals surface area contributed by atoms with Gasteiger partial charge in [0.2, 0.25) is 10.0 Å². The second-order valence-corrected chi connectivity index (χ2v) is 7.62. The van der Waals surface area contributed by atoms with E-state index in [1.54, 1.807) is 25.1 Å². The van der Waals surface area contributed by atoms with Crippen molar-refractivity contribution in [2.24, 2.45) is 5.14 Å². The highest BCUT2D eigenvalue weighted by molar-refractivity contribution is 7.89. The van der Waals surface area contributed by atoms with Gasteiger partial charge in [0.25, 0.3) is 5.91 Å². The third-order valence-electron chi connectivity index (χ3n) is 3.71. The van der Waals surface area contributed by atoms with Crippen molar-refractivity contribution < 1.29 is 22.7 Å². The zero-order chi connectivity index (χ0) is 20.2. The predicted molar refractivity (Wildman–Crippen MR) is 102 cm³/mol. The largest absolute Gasteiger partial charge is 0.452 e. The molecule has 0 unspecified atom stereocenters. The highest BCUT2D eigenvalue weighted by Gasteiger charge is 2.15. The normalized spacial score (nSPS) is 11.0. The maximum absolute atomic E-state index is 12.1. The number of primary sulfonamides is 1. The number of amides is 1. The molecule has 144 valence electrons. The van der Waals surface area contributed by atoms with Gasteiger partial charge in [-0.15, -0.1) is 0 Å². The first-order valence-electron chi connectivity index (χ1n) is 7.96. The standard InChI is InChI=1S/C18H21N3O5S/c1-12-7-8-14(10-16(12)27(19,24)25)20-17(22)11-26-18(23)13-5-4-6-15(9-13)21(2)3/h4-10H,11H2,1-3H3,(H,20,22)(H2,19,24,25). The van der Waals surface area contributed by atoms with Gasteiger partial charge in [-0.3, -0.25) is 4.79 Å². The summed E-state index contributed by atoms with van der Waals surface area (Å²) < 4.78 is 28.1. The molecule has 0 fully saturated rings. The van der Waals surface area contributed by atoms with Crippen molar-refractivity contribution in [3.63, 3.8) is 0 Å². The van der Waals surface area contributed by atoms with Gasteiger partial charge in [-0.2, -0.15) is 0 Å². The van der Waals surface area contributed by atoms with Gasteiger partial charge >= 0.3 is 5.97 Å². The van der Waals surface area contributed by atoms with Crippen LogP contribution >= 0.6 is 0 Å². The minimum atomic E-state index is -3.91. The molecular weight excluding hydrogens is 370 g/mol. The first kappa shape index (κ1) is 20.4. The molecule has 2 aromatic rings. The van der Waals surface area contributed by atoms with E-state index in [1.165, 1.54) is 18.2 Å². The summed E-state index contributed by atoms with van der Waals surface area (Å²) in [5.74, 6) is -1.24. The van der Waals surface area contributed by atoms with Crippen LogP contribution in [0.25, 0.3) is 0 Å². The SMILES string of the molecule is Cc1ccc(NC(=O)COC(=O)c2cccc(N(C)C)c2)cc1S(N)(=O)=O. The number of nitrogens with two attached hydrogens (primary N) is 1. The molecule has 0 aliphatic heterocycles. The van der Waals surface area contributed by atoms with E-state index in [0.29, 0.717) is 11.1 Å². The number of hydrogen-bond donors (Lipinski definition) is 2. The van der Waals surface area contributed by atoms with Crippen LogP contribution in [0.3, 0.4) is 0 Å². The van der Waals surface area contributed by atoms with E-state index in [9.17, 15) is 18.0 Å². The molecular formula is C18H21N3O5S. The number of ether oxygens (including phenoxy) is 1. The fourth-order valence-electron chi connectivity index (χ4n) is 2.31. The topological polar surface area (TPSA) is 119 Å². The molecule has 0 heterocycles. The van der Waals surface area contributed by atoms with Gasteiger partial charge in [0.15, 0.2) is 6.61 Å². The Morgan fingerprint density at radius 3 is 2.48 bits per heavy atom. The molecule has 0 atom stereocenters.